The Morgan fingerprint density at radius 3 is 2.14 bits per heavy atom. The second-order valence-corrected chi connectivity index (χ2v) is 17.2. The van der Waals surface area contributed by atoms with Crippen LogP contribution in [-0.4, -0.2) is 153 Å². The van der Waals surface area contributed by atoms with Gasteiger partial charge in [0.05, 0.1) is 29.9 Å². The number of ether oxygens (including phenoxy) is 1. The van der Waals surface area contributed by atoms with Crippen LogP contribution in [0.15, 0.2) is 24.4 Å². The van der Waals surface area contributed by atoms with E-state index in [4.69, 9.17) is 10.5 Å². The molecule has 1 aromatic carbocycles. The minimum Gasteiger partial charge on any atom is -0.384 e. The standard InChI is InChI=1S/C44H55F2N13O7/c45-37(46)36-29(26-49-42(47)51-36)38-52-43(54-44(53-38)58-22-24-66-25-23-58)57-20-18-56(19-21-57)34(62)12-11-33(61)55-16-13-27(14-17-55)6-3-1-2-4-15-48-30-8-5-7-28-35(30)41(65)59(40(28)64)31-9-10-32(60)50-39(31)63/h5,7-8,26-27,31,37,48H,1-4,6,9-25H2,(H2,47,49,51)(H,50,60,63). The van der Waals surface area contributed by atoms with Crippen molar-refractivity contribution in [2.45, 2.75) is 83.1 Å². The number of rotatable bonds is 16. The Balaban J connectivity index is 0.728. The van der Waals surface area contributed by atoms with Crippen molar-refractivity contribution in [1.29, 1.82) is 0 Å². The molecule has 0 spiro atoms. The van der Waals surface area contributed by atoms with E-state index in [1.165, 1.54) is 6.20 Å². The fourth-order valence-corrected chi connectivity index (χ4v) is 9.22. The number of anilines is 4. The number of piperidine rings is 2. The van der Waals surface area contributed by atoms with Crippen molar-refractivity contribution in [2.75, 3.05) is 93.0 Å². The third-order valence-corrected chi connectivity index (χ3v) is 12.9. The summed E-state index contributed by atoms with van der Waals surface area (Å²) in [6.07, 6.45) is 5.56. The molecule has 5 aliphatic rings. The van der Waals surface area contributed by atoms with Crippen LogP contribution in [-0.2, 0) is 23.9 Å². The van der Waals surface area contributed by atoms with Crippen LogP contribution in [0.3, 0.4) is 0 Å². The normalized spacial score (nSPS) is 19.4. The first kappa shape index (κ1) is 46.1. The summed E-state index contributed by atoms with van der Waals surface area (Å²) >= 11 is 0. The van der Waals surface area contributed by atoms with Crippen molar-refractivity contribution in [3.63, 3.8) is 0 Å². The summed E-state index contributed by atoms with van der Waals surface area (Å²) in [6, 6.07) is 4.04. The first-order chi connectivity index (χ1) is 31.9. The number of nitrogens with zero attached hydrogens (tertiary/aromatic N) is 10. The van der Waals surface area contributed by atoms with Gasteiger partial charge in [0.1, 0.15) is 11.7 Å². The number of nitrogens with two attached hydrogens (primary N) is 1. The summed E-state index contributed by atoms with van der Waals surface area (Å²) in [5, 5.41) is 5.53. The van der Waals surface area contributed by atoms with E-state index in [1.54, 1.807) is 23.1 Å². The lowest BCUT2D eigenvalue weighted by Crippen LogP contribution is -2.54. The smallest absolute Gasteiger partial charge is 0.281 e. The fourth-order valence-electron chi connectivity index (χ4n) is 9.22. The van der Waals surface area contributed by atoms with Gasteiger partial charge in [0, 0.05) is 90.0 Å². The molecule has 66 heavy (non-hydrogen) atoms. The quantitative estimate of drug-likeness (QED) is 0.138. The first-order valence-corrected chi connectivity index (χ1v) is 22.8. The van der Waals surface area contributed by atoms with E-state index in [1.807, 2.05) is 14.7 Å². The number of amides is 6. The molecule has 5 aliphatic heterocycles. The number of carbonyl (C=O) groups excluding carboxylic acids is 6. The molecule has 4 N–H and O–H groups in total. The van der Waals surface area contributed by atoms with Gasteiger partial charge in [-0.15, -0.1) is 0 Å². The van der Waals surface area contributed by atoms with Gasteiger partial charge in [-0.05, 0) is 43.7 Å². The van der Waals surface area contributed by atoms with Gasteiger partial charge in [-0.3, -0.25) is 39.0 Å². The number of carbonyl (C=O) groups is 6. The average molecular weight is 916 g/mol. The van der Waals surface area contributed by atoms with Crippen molar-refractivity contribution < 1.29 is 42.3 Å². The van der Waals surface area contributed by atoms with E-state index in [0.717, 1.165) is 49.8 Å². The van der Waals surface area contributed by atoms with Gasteiger partial charge in [-0.1, -0.05) is 31.7 Å². The zero-order chi connectivity index (χ0) is 46.3. The maximum absolute atomic E-state index is 14.0. The average Bonchev–Trinajstić information content (AvgIpc) is 3.59. The summed E-state index contributed by atoms with van der Waals surface area (Å²) in [6.45, 7) is 5.45. The monoisotopic (exact) mass is 915 g/mol. The van der Waals surface area contributed by atoms with Gasteiger partial charge >= 0.3 is 0 Å². The van der Waals surface area contributed by atoms with Crippen molar-refractivity contribution in [1.82, 2.24) is 44.9 Å². The zero-order valence-electron chi connectivity index (χ0n) is 36.8. The van der Waals surface area contributed by atoms with E-state index in [0.29, 0.717) is 89.7 Å². The molecule has 1 unspecified atom stereocenters. The summed E-state index contributed by atoms with van der Waals surface area (Å²) < 4.78 is 33.5. The van der Waals surface area contributed by atoms with E-state index in [2.05, 4.69) is 35.6 Å². The van der Waals surface area contributed by atoms with Crippen LogP contribution in [0.2, 0.25) is 0 Å². The lowest BCUT2D eigenvalue weighted by molar-refractivity contribution is -0.138. The summed E-state index contributed by atoms with van der Waals surface area (Å²) in [4.78, 5) is 107. The molecule has 3 aromatic rings. The number of halogens is 2. The molecule has 1 atom stereocenters. The lowest BCUT2D eigenvalue weighted by atomic mass is 9.91. The third kappa shape index (κ3) is 10.5. The van der Waals surface area contributed by atoms with E-state index < -0.39 is 41.8 Å². The fraction of sp³-hybridized carbons (Fsp3) is 0.568. The molecule has 8 rings (SSSR count). The molecule has 2 aromatic heterocycles. The number of fused-ring (bicyclic) bond motifs is 1. The number of hydrogen-bond donors (Lipinski definition) is 3. The number of alkyl halides is 2. The van der Waals surface area contributed by atoms with Crippen LogP contribution >= 0.6 is 0 Å². The summed E-state index contributed by atoms with van der Waals surface area (Å²) in [5.41, 5.74) is 6.06. The Bertz CT molecular complexity index is 2320. The number of unbranched alkanes of at least 4 members (excludes halogenated alkanes) is 3. The van der Waals surface area contributed by atoms with Crippen LogP contribution in [0.5, 0.6) is 0 Å². The number of aromatic nitrogens is 5. The highest BCUT2D eigenvalue weighted by Crippen LogP contribution is 2.33. The van der Waals surface area contributed by atoms with Crippen molar-refractivity contribution in [3.8, 4) is 11.4 Å². The molecule has 4 fully saturated rings. The summed E-state index contributed by atoms with van der Waals surface area (Å²) in [5.74, 6) is -1.39. The SMILES string of the molecule is Nc1ncc(-c2nc(N3CCOCC3)nc(N3CCN(C(=O)CCC(=O)N4CCC(CCCCCCNc5cccc6c5C(=O)N(C5CCC(=O)NC5=O)C6=O)CC4)CC3)n2)c(C(F)F)n1. The topological polar surface area (TPSA) is 242 Å². The highest BCUT2D eigenvalue weighted by Gasteiger charge is 2.45. The van der Waals surface area contributed by atoms with Crippen molar-refractivity contribution in [3.05, 3.63) is 41.2 Å². The molecule has 0 bridgehead atoms. The number of piperazine rings is 1. The number of morpholine rings is 1. The third-order valence-electron chi connectivity index (χ3n) is 12.9. The largest absolute Gasteiger partial charge is 0.384 e. The Morgan fingerprint density at radius 1 is 0.788 bits per heavy atom. The van der Waals surface area contributed by atoms with E-state index in [-0.39, 0.29) is 71.9 Å². The predicted molar refractivity (Wildman–Crippen MR) is 235 cm³/mol. The predicted octanol–water partition coefficient (Wildman–Crippen LogP) is 2.82. The van der Waals surface area contributed by atoms with Crippen molar-refractivity contribution in [2.24, 2.45) is 5.92 Å². The van der Waals surface area contributed by atoms with Crippen molar-refractivity contribution >= 4 is 59.0 Å². The van der Waals surface area contributed by atoms with Gasteiger partial charge in [0.15, 0.2) is 5.82 Å². The Labute approximate surface area is 380 Å². The second kappa shape index (κ2) is 20.8. The number of benzene rings is 1. The molecule has 0 aliphatic carbocycles. The lowest BCUT2D eigenvalue weighted by Gasteiger charge is -2.36. The molecular weight excluding hydrogens is 861 g/mol. The van der Waals surface area contributed by atoms with Crippen LogP contribution in [0.25, 0.3) is 11.4 Å². The number of likely N-dealkylation sites (tertiary alicyclic amines) is 1. The Morgan fingerprint density at radius 2 is 1.45 bits per heavy atom. The molecule has 0 radical (unpaired) electrons. The zero-order valence-corrected chi connectivity index (χ0v) is 36.8. The Hall–Kier alpha value is -6.45. The molecule has 352 valence electrons. The van der Waals surface area contributed by atoms with Crippen LogP contribution in [0, 0.1) is 5.92 Å². The maximum Gasteiger partial charge on any atom is 0.281 e. The molecule has 22 heteroatoms. The maximum atomic E-state index is 14.0. The second-order valence-electron chi connectivity index (χ2n) is 17.2. The van der Waals surface area contributed by atoms with E-state index >= 15 is 0 Å². The molecule has 0 saturated carbocycles. The van der Waals surface area contributed by atoms with Gasteiger partial charge < -0.3 is 35.4 Å². The number of nitrogens with one attached hydrogen (secondary N) is 2. The molecule has 7 heterocycles. The van der Waals surface area contributed by atoms with Gasteiger partial charge in [0.25, 0.3) is 18.2 Å². The van der Waals surface area contributed by atoms with E-state index in [9.17, 15) is 37.5 Å². The van der Waals surface area contributed by atoms with Gasteiger partial charge in [0.2, 0.25) is 41.5 Å². The molecular formula is C44H55F2N13O7. The highest BCUT2D eigenvalue weighted by atomic mass is 19.3. The Kier molecular flexibility index (Phi) is 14.5. The molecule has 6 amide bonds. The van der Waals surface area contributed by atoms with Gasteiger partial charge in [-0.25, -0.2) is 18.7 Å². The number of imide groups is 2. The van der Waals surface area contributed by atoms with Crippen LogP contribution < -0.4 is 26.2 Å². The first-order valence-electron chi connectivity index (χ1n) is 22.8. The minimum atomic E-state index is -2.93. The minimum absolute atomic E-state index is 0.00274. The summed E-state index contributed by atoms with van der Waals surface area (Å²) in [7, 11) is 0. The van der Waals surface area contributed by atoms with Gasteiger partial charge in [-0.2, -0.15) is 15.0 Å². The highest BCUT2D eigenvalue weighted by molar-refractivity contribution is 6.25. The molecule has 20 nitrogen and oxygen atoms in total. The number of nitrogen functional groups attached to an aromatic ring is 1. The van der Waals surface area contributed by atoms with Crippen LogP contribution in [0.4, 0.5) is 32.3 Å². The molecule has 4 saturated heterocycles. The number of hydrogen-bond acceptors (Lipinski definition) is 16. The van der Waals surface area contributed by atoms with Crippen LogP contribution in [0.1, 0.15) is 103 Å².